The number of fused-ring (bicyclic) bond motifs is 1. The molecule has 4 aromatic rings. The minimum atomic E-state index is -0.976. The Morgan fingerprint density at radius 2 is 1.90 bits per heavy atom. The normalized spacial score (nSPS) is 11.4. The minimum Gasteiger partial charge on any atom is -0.477 e. The number of aromatic nitrogens is 4. The molecule has 0 saturated carbocycles. The Hall–Kier alpha value is -3.41. The third-order valence-corrected chi connectivity index (χ3v) is 5.00. The average Bonchev–Trinajstić information content (AvgIpc) is 3.25. The number of hydrogen-bond donors (Lipinski definition) is 1. The number of rotatable bonds is 6. The van der Waals surface area contributed by atoms with Crippen molar-refractivity contribution in [1.29, 1.82) is 0 Å². The van der Waals surface area contributed by atoms with Crippen LogP contribution in [-0.2, 0) is 13.1 Å². The SMILES string of the molecule is Cc1nc(-c2cnn(CC(C)C)c2)n(Cc2cccc3ccccc23)c1C(=O)O. The summed E-state index contributed by atoms with van der Waals surface area (Å²) in [5.74, 6) is 0.119. The molecule has 0 amide bonds. The molecule has 2 heterocycles. The van der Waals surface area contributed by atoms with Gasteiger partial charge in [-0.25, -0.2) is 9.78 Å². The van der Waals surface area contributed by atoms with Gasteiger partial charge in [0.15, 0.2) is 5.69 Å². The lowest BCUT2D eigenvalue weighted by Crippen LogP contribution is -2.12. The van der Waals surface area contributed by atoms with Crippen molar-refractivity contribution in [3.63, 3.8) is 0 Å². The Morgan fingerprint density at radius 1 is 1.14 bits per heavy atom. The number of benzene rings is 2. The van der Waals surface area contributed by atoms with Crippen LogP contribution in [0.4, 0.5) is 0 Å². The van der Waals surface area contributed by atoms with E-state index in [9.17, 15) is 9.90 Å². The van der Waals surface area contributed by atoms with E-state index in [0.717, 1.165) is 28.4 Å². The van der Waals surface area contributed by atoms with Crippen LogP contribution >= 0.6 is 0 Å². The molecule has 0 aliphatic carbocycles. The van der Waals surface area contributed by atoms with Crippen LogP contribution in [0.25, 0.3) is 22.2 Å². The van der Waals surface area contributed by atoms with Crippen LogP contribution < -0.4 is 0 Å². The number of nitrogens with zero attached hydrogens (tertiary/aromatic N) is 4. The van der Waals surface area contributed by atoms with Gasteiger partial charge < -0.3 is 9.67 Å². The molecule has 2 aromatic heterocycles. The highest BCUT2D eigenvalue weighted by Crippen LogP contribution is 2.26. The van der Waals surface area contributed by atoms with Crippen LogP contribution in [0.5, 0.6) is 0 Å². The maximum absolute atomic E-state index is 12.0. The van der Waals surface area contributed by atoms with E-state index in [4.69, 9.17) is 0 Å². The predicted octanol–water partition coefficient (Wildman–Crippen LogP) is 4.61. The van der Waals surface area contributed by atoms with Crippen LogP contribution in [0, 0.1) is 12.8 Å². The third-order valence-electron chi connectivity index (χ3n) is 5.00. The van der Waals surface area contributed by atoms with E-state index in [-0.39, 0.29) is 5.69 Å². The number of imidazole rings is 1. The van der Waals surface area contributed by atoms with E-state index in [1.165, 1.54) is 0 Å². The first kappa shape index (κ1) is 18.9. The van der Waals surface area contributed by atoms with Gasteiger partial charge >= 0.3 is 5.97 Å². The van der Waals surface area contributed by atoms with E-state index in [0.29, 0.717) is 24.0 Å². The molecule has 0 aliphatic heterocycles. The Kier molecular flexibility index (Phi) is 4.92. The standard InChI is InChI=1S/C23H24N4O2/c1-15(2)12-26-13-19(11-24-26)22-25-16(3)21(23(28)29)27(22)14-18-9-6-8-17-7-4-5-10-20(17)18/h4-11,13,15H,12,14H2,1-3H3,(H,28,29). The second-order valence-electron chi connectivity index (χ2n) is 7.74. The third kappa shape index (κ3) is 3.66. The van der Waals surface area contributed by atoms with Crippen molar-refractivity contribution in [1.82, 2.24) is 19.3 Å². The molecule has 0 unspecified atom stereocenters. The zero-order valence-corrected chi connectivity index (χ0v) is 16.8. The molecule has 148 valence electrons. The lowest BCUT2D eigenvalue weighted by Gasteiger charge is -2.12. The minimum absolute atomic E-state index is 0.213. The van der Waals surface area contributed by atoms with Crippen LogP contribution in [0.15, 0.2) is 54.9 Å². The summed E-state index contributed by atoms with van der Waals surface area (Å²) in [4.78, 5) is 16.6. The Bertz CT molecular complexity index is 1180. The maximum Gasteiger partial charge on any atom is 0.354 e. The predicted molar refractivity (Wildman–Crippen MR) is 113 cm³/mol. The molecule has 0 fully saturated rings. The highest BCUT2D eigenvalue weighted by Gasteiger charge is 2.22. The van der Waals surface area contributed by atoms with Gasteiger partial charge in [0.2, 0.25) is 0 Å². The quantitative estimate of drug-likeness (QED) is 0.523. The van der Waals surface area contributed by atoms with Gasteiger partial charge in [0, 0.05) is 12.7 Å². The van der Waals surface area contributed by atoms with Gasteiger partial charge in [0.25, 0.3) is 0 Å². The summed E-state index contributed by atoms with van der Waals surface area (Å²) in [6, 6.07) is 14.2. The fourth-order valence-corrected chi connectivity index (χ4v) is 3.77. The fourth-order valence-electron chi connectivity index (χ4n) is 3.77. The van der Waals surface area contributed by atoms with Crippen molar-refractivity contribution in [3.05, 3.63) is 71.8 Å². The zero-order valence-electron chi connectivity index (χ0n) is 16.8. The molecule has 2 aromatic carbocycles. The van der Waals surface area contributed by atoms with E-state index < -0.39 is 5.97 Å². The van der Waals surface area contributed by atoms with Gasteiger partial charge in [-0.15, -0.1) is 0 Å². The van der Waals surface area contributed by atoms with Crippen LogP contribution in [0.3, 0.4) is 0 Å². The van der Waals surface area contributed by atoms with Gasteiger partial charge in [0.1, 0.15) is 5.82 Å². The molecule has 0 aliphatic rings. The van der Waals surface area contributed by atoms with Crippen molar-refractivity contribution in [3.8, 4) is 11.4 Å². The first-order valence-corrected chi connectivity index (χ1v) is 9.74. The second-order valence-corrected chi connectivity index (χ2v) is 7.74. The topological polar surface area (TPSA) is 72.9 Å². The van der Waals surface area contributed by atoms with Crippen LogP contribution in [0.2, 0.25) is 0 Å². The van der Waals surface area contributed by atoms with Gasteiger partial charge in [-0.05, 0) is 29.2 Å². The number of carboxylic acid groups (broad SMARTS) is 1. The number of carbonyl (C=O) groups is 1. The van der Waals surface area contributed by atoms with Crippen molar-refractivity contribution < 1.29 is 9.90 Å². The van der Waals surface area contributed by atoms with Crippen LogP contribution in [-0.4, -0.2) is 30.4 Å². The number of aryl methyl sites for hydroxylation is 1. The largest absolute Gasteiger partial charge is 0.477 e. The molecule has 1 N–H and O–H groups in total. The summed E-state index contributed by atoms with van der Waals surface area (Å²) in [6.45, 7) is 7.24. The molecule has 0 atom stereocenters. The molecule has 6 heteroatoms. The smallest absolute Gasteiger partial charge is 0.354 e. The van der Waals surface area contributed by atoms with Gasteiger partial charge in [0.05, 0.1) is 24.0 Å². The molecular weight excluding hydrogens is 364 g/mol. The average molecular weight is 388 g/mol. The fraction of sp³-hybridized carbons (Fsp3) is 0.261. The molecule has 0 spiro atoms. The number of aromatic carboxylic acids is 1. The molecular formula is C23H24N4O2. The Morgan fingerprint density at radius 3 is 2.66 bits per heavy atom. The summed E-state index contributed by atoms with van der Waals surface area (Å²) in [5, 5.41) is 16.5. The monoisotopic (exact) mass is 388 g/mol. The summed E-state index contributed by atoms with van der Waals surface area (Å²) in [5.41, 5.74) is 2.59. The highest BCUT2D eigenvalue weighted by molar-refractivity contribution is 5.89. The lowest BCUT2D eigenvalue weighted by atomic mass is 10.0. The zero-order chi connectivity index (χ0) is 20.5. The molecule has 0 radical (unpaired) electrons. The lowest BCUT2D eigenvalue weighted by molar-refractivity contribution is 0.0685. The highest BCUT2D eigenvalue weighted by atomic mass is 16.4. The molecule has 0 bridgehead atoms. The Balaban J connectivity index is 1.83. The molecule has 4 rings (SSSR count). The molecule has 0 saturated heterocycles. The van der Waals surface area contributed by atoms with Gasteiger partial charge in [-0.3, -0.25) is 4.68 Å². The van der Waals surface area contributed by atoms with Crippen molar-refractivity contribution in [2.24, 2.45) is 5.92 Å². The summed E-state index contributed by atoms with van der Waals surface area (Å²) in [6.07, 6.45) is 3.70. The number of carboxylic acids is 1. The second kappa shape index (κ2) is 7.54. The first-order chi connectivity index (χ1) is 13.9. The van der Waals surface area contributed by atoms with Gasteiger partial charge in [-0.2, -0.15) is 5.10 Å². The number of hydrogen-bond acceptors (Lipinski definition) is 3. The Labute approximate surface area is 169 Å². The van der Waals surface area contributed by atoms with E-state index >= 15 is 0 Å². The maximum atomic E-state index is 12.0. The van der Waals surface area contributed by atoms with Gasteiger partial charge in [-0.1, -0.05) is 56.3 Å². The van der Waals surface area contributed by atoms with E-state index in [1.54, 1.807) is 17.7 Å². The summed E-state index contributed by atoms with van der Waals surface area (Å²) >= 11 is 0. The summed E-state index contributed by atoms with van der Waals surface area (Å²) < 4.78 is 3.67. The van der Waals surface area contributed by atoms with E-state index in [2.05, 4.69) is 42.1 Å². The van der Waals surface area contributed by atoms with Crippen molar-refractivity contribution in [2.75, 3.05) is 0 Å². The summed E-state index contributed by atoms with van der Waals surface area (Å²) in [7, 11) is 0. The first-order valence-electron chi connectivity index (χ1n) is 9.74. The van der Waals surface area contributed by atoms with Crippen molar-refractivity contribution >= 4 is 16.7 Å². The van der Waals surface area contributed by atoms with E-state index in [1.807, 2.05) is 35.1 Å². The van der Waals surface area contributed by atoms with Crippen LogP contribution in [0.1, 0.15) is 35.6 Å². The molecule has 6 nitrogen and oxygen atoms in total. The van der Waals surface area contributed by atoms with Crippen molar-refractivity contribution in [2.45, 2.75) is 33.9 Å². The molecule has 29 heavy (non-hydrogen) atoms.